The van der Waals surface area contributed by atoms with Crippen LogP contribution in [0.4, 0.5) is 13.2 Å². The van der Waals surface area contributed by atoms with Gasteiger partial charge >= 0.3 is 69.3 Å². The predicted molar refractivity (Wildman–Crippen MR) is 263 cm³/mol. The Labute approximate surface area is 470 Å². The normalized spacial score (nSPS) is 10.1. The topological polar surface area (TPSA) is 265 Å². The summed E-state index contributed by atoms with van der Waals surface area (Å²) in [4.78, 5) is 74.8. The molecule has 0 amide bonds. The van der Waals surface area contributed by atoms with E-state index in [2.05, 4.69) is 25.8 Å². The summed E-state index contributed by atoms with van der Waals surface area (Å²) < 4.78 is 60.1. The molecule has 0 heterocycles. The van der Waals surface area contributed by atoms with Crippen LogP contribution in [0.15, 0.2) is 88.5 Å². The molecule has 392 valence electrons. The van der Waals surface area contributed by atoms with Crippen molar-refractivity contribution in [3.63, 3.8) is 0 Å². The van der Waals surface area contributed by atoms with E-state index in [4.69, 9.17) is 30.3 Å². The van der Waals surface area contributed by atoms with E-state index in [0.717, 1.165) is 10.0 Å². The van der Waals surface area contributed by atoms with Crippen molar-refractivity contribution >= 4 is 63.4 Å². The van der Waals surface area contributed by atoms with Gasteiger partial charge in [0.05, 0.1) is 57.0 Å². The minimum atomic E-state index is -0.603. The van der Waals surface area contributed by atoms with Gasteiger partial charge < -0.3 is 45.3 Å². The zero-order valence-electron chi connectivity index (χ0n) is 42.3. The largest absolute Gasteiger partial charge is 1.00 e. The number of esters is 4. The number of benzene rings is 4. The Morgan fingerprint density at radius 3 is 1.29 bits per heavy atom. The second-order valence-corrected chi connectivity index (χ2v) is 14.9. The summed E-state index contributed by atoms with van der Waals surface area (Å²) in [5, 5.41) is 19.0. The zero-order chi connectivity index (χ0) is 53.8. The number of Topliss-reactive ketones (excluding diaryl/α,β-unsaturated/α-hetero) is 2. The monoisotopic (exact) mass is 1100 g/mol. The molecule has 0 aliphatic carbocycles. The number of ether oxygens (including phenoxy) is 4. The van der Waals surface area contributed by atoms with Crippen LogP contribution in [-0.4, -0.2) is 96.3 Å². The number of halogens is 4. The van der Waals surface area contributed by atoms with Crippen molar-refractivity contribution < 1.29 is 133 Å². The smallest absolute Gasteiger partial charge is 0.870 e. The minimum absolute atomic E-state index is 0. The molecule has 16 nitrogen and oxygen atoms in total. The van der Waals surface area contributed by atoms with Gasteiger partial charge in [-0.05, 0) is 121 Å². The van der Waals surface area contributed by atoms with Crippen LogP contribution >= 0.6 is 15.9 Å². The molecular formula is C51H64BrF3KN2O14-. The molecule has 1 atom stereocenters. The average molecular weight is 1110 g/mol. The molecule has 0 radical (unpaired) electrons. The predicted octanol–water partition coefficient (Wildman–Crippen LogP) is 5.74. The van der Waals surface area contributed by atoms with E-state index in [0.29, 0.717) is 48.7 Å². The summed E-state index contributed by atoms with van der Waals surface area (Å²) in [7, 11) is 0. The molecule has 0 aliphatic heterocycles. The van der Waals surface area contributed by atoms with Crippen LogP contribution in [-0.2, 0) is 62.2 Å². The Bertz CT molecular complexity index is 2300. The van der Waals surface area contributed by atoms with Crippen LogP contribution in [0.25, 0.3) is 0 Å². The molecule has 0 bridgehead atoms. The molecule has 4 aromatic carbocycles. The first kappa shape index (κ1) is 73.6. The second-order valence-electron chi connectivity index (χ2n) is 14.0. The molecule has 0 fully saturated rings. The Morgan fingerprint density at radius 2 is 0.986 bits per heavy atom. The summed E-state index contributed by atoms with van der Waals surface area (Å²) in [5.74, 6) is -3.40. The third kappa shape index (κ3) is 33.6. The van der Waals surface area contributed by atoms with Gasteiger partial charge in [-0.2, -0.15) is 0 Å². The molecule has 21 heteroatoms. The minimum Gasteiger partial charge on any atom is -0.870 e. The zero-order valence-corrected chi connectivity index (χ0v) is 47.0. The van der Waals surface area contributed by atoms with Gasteiger partial charge in [-0.3, -0.25) is 35.1 Å². The van der Waals surface area contributed by atoms with Crippen molar-refractivity contribution in [3.8, 4) is 0 Å². The Kier molecular flexibility index (Phi) is 44.5. The van der Waals surface area contributed by atoms with Gasteiger partial charge in [-0.1, -0.05) is 63.9 Å². The van der Waals surface area contributed by atoms with E-state index < -0.39 is 29.5 Å². The Hall–Kier alpha value is -4.97. The van der Waals surface area contributed by atoms with Gasteiger partial charge in [0.2, 0.25) is 0 Å². The number of carbonyl (C=O) groups excluding carboxylic acids is 7. The van der Waals surface area contributed by atoms with Crippen LogP contribution in [0.3, 0.4) is 0 Å². The molecule has 4 rings (SSSR count). The fraction of sp³-hybridized carbons (Fsp3) is 0.373. The van der Waals surface area contributed by atoms with E-state index in [9.17, 15) is 46.7 Å². The Morgan fingerprint density at radius 1 is 0.625 bits per heavy atom. The van der Waals surface area contributed by atoms with Crippen LogP contribution in [0.5, 0.6) is 0 Å². The molecular weight excluding hydrogens is 1040 g/mol. The number of nitrogens with two attached hydrogens (primary N) is 1. The molecule has 1 unspecified atom stereocenters. The molecule has 0 saturated carbocycles. The molecule has 0 saturated heterocycles. The number of rotatable bonds is 16. The summed E-state index contributed by atoms with van der Waals surface area (Å²) in [6.07, 6.45) is 1.30. The number of nitrogens with zero attached hydrogens (tertiary/aromatic N) is 1. The maximum atomic E-state index is 13.6. The number of aliphatic hydroxyl groups excluding tert-OH is 1. The number of hydrogen-bond acceptors (Lipinski definition) is 16. The fourth-order valence-electron chi connectivity index (χ4n) is 5.11. The van der Waals surface area contributed by atoms with E-state index in [-0.39, 0.29) is 135 Å². The van der Waals surface area contributed by atoms with Gasteiger partial charge in [0.1, 0.15) is 17.5 Å². The van der Waals surface area contributed by atoms with Crippen molar-refractivity contribution in [3.05, 3.63) is 140 Å². The van der Waals surface area contributed by atoms with E-state index >= 15 is 0 Å². The quantitative estimate of drug-likeness (QED) is 0.0139. The van der Waals surface area contributed by atoms with Gasteiger partial charge in [0, 0.05) is 33.8 Å². The van der Waals surface area contributed by atoms with Crippen LogP contribution in [0.2, 0.25) is 0 Å². The number of ketones is 2. The van der Waals surface area contributed by atoms with E-state index in [1.54, 1.807) is 84.9 Å². The maximum absolute atomic E-state index is 13.6. The van der Waals surface area contributed by atoms with Gasteiger partial charge in [-0.15, -0.1) is 0 Å². The second kappa shape index (κ2) is 43.6. The molecule has 72 heavy (non-hydrogen) atoms. The fourth-order valence-corrected chi connectivity index (χ4v) is 5.38. The maximum Gasteiger partial charge on any atom is 1.00 e. The number of aliphatic hydroxyl groups is 1. The number of hydrogen-bond donors (Lipinski definition) is 3. The third-order valence-corrected chi connectivity index (χ3v) is 8.80. The van der Waals surface area contributed by atoms with Gasteiger partial charge in [0.25, 0.3) is 5.97 Å². The van der Waals surface area contributed by atoms with Crippen molar-refractivity contribution in [2.24, 2.45) is 10.9 Å². The standard InChI is InChI=1S/C12H14FNO3.C12H16FNO2.C12H13FO3.C8H7BrO.C5H7O3.C2H6O.K.H2O/c1-3-17-12(15)7-9-4-5-10(8(2)14-16)11(13)6-9;2*1-3-16-12(15)7-9-4-5-10(8(2)14)11(13)6-9;1-6(10)7-2-4-8(9)5-3-7;1-2-8-5(7)3-4-6;1-2-3;;/h4-6,16H,3,7H2,1-2H3;4-6,8H,3,7,14H2,1-2H3;4-6H,3,7H2,1-2H3;2-5H,1H3;2-3H2,1H3;3H,2H2,1H3;;1H2/q;;;;-1;;+1;/p-1. The van der Waals surface area contributed by atoms with E-state index in [1.807, 2.05) is 12.1 Å². The van der Waals surface area contributed by atoms with Gasteiger partial charge in [-0.25, -0.2) is 13.2 Å². The van der Waals surface area contributed by atoms with Crippen LogP contribution < -0.4 is 57.1 Å². The summed E-state index contributed by atoms with van der Waals surface area (Å²) >= 11 is 3.28. The molecule has 0 spiro atoms. The van der Waals surface area contributed by atoms with Crippen molar-refractivity contribution in [1.82, 2.24) is 0 Å². The average Bonchev–Trinajstić information content (AvgIpc) is 3.28. The van der Waals surface area contributed by atoms with Crippen molar-refractivity contribution in [2.75, 3.05) is 33.0 Å². The van der Waals surface area contributed by atoms with Crippen LogP contribution in [0, 0.1) is 17.5 Å². The first-order chi connectivity index (χ1) is 33.1. The summed E-state index contributed by atoms with van der Waals surface area (Å²) in [5.41, 5.74) is 8.84. The van der Waals surface area contributed by atoms with Crippen molar-refractivity contribution in [1.29, 1.82) is 0 Å². The first-order valence-corrected chi connectivity index (χ1v) is 22.5. The number of carbonyl (C=O) groups is 6. The third-order valence-electron chi connectivity index (χ3n) is 8.28. The van der Waals surface area contributed by atoms with E-state index in [1.165, 1.54) is 50.5 Å². The molecule has 4 aromatic rings. The molecule has 5 N–H and O–H groups in total. The summed E-state index contributed by atoms with van der Waals surface area (Å²) in [6, 6.07) is 20.0. The first-order valence-electron chi connectivity index (χ1n) is 21.7. The van der Waals surface area contributed by atoms with Crippen molar-refractivity contribution in [2.45, 2.75) is 94.0 Å². The molecule has 0 aliphatic rings. The van der Waals surface area contributed by atoms with Crippen LogP contribution in [0.1, 0.15) is 123 Å². The SMILES string of the molecule is CC(=O)c1ccc(Br)cc1.CCO.CCOC(=O)C[C-]=O.CCOC(=O)Cc1ccc(C(C)=NO)c(F)c1.CCOC(=O)Cc1ccc(C(C)=O)c(F)c1.CCOC(=O)Cc1ccc(C(C)N)c(F)c1.[K+].[OH-]. The Balaban J connectivity index is -0.000000401. The molecule has 0 aromatic heterocycles. The van der Waals surface area contributed by atoms with Gasteiger partial charge in [0.15, 0.2) is 11.6 Å². The summed E-state index contributed by atoms with van der Waals surface area (Å²) in [6.45, 7) is 16.1. The number of oxime groups is 1.